The lowest BCUT2D eigenvalue weighted by Crippen LogP contribution is -2.35. The minimum atomic E-state index is -3.32. The number of sulfonamides is 1. The fraction of sp³-hybridized carbons (Fsp3) is 0.412. The molecule has 10 heteroatoms. The van der Waals surface area contributed by atoms with Crippen LogP contribution in [0.15, 0.2) is 18.2 Å². The van der Waals surface area contributed by atoms with Crippen molar-refractivity contribution in [3.8, 4) is 0 Å². The van der Waals surface area contributed by atoms with Crippen LogP contribution in [0.25, 0.3) is 0 Å². The van der Waals surface area contributed by atoms with Gasteiger partial charge in [-0.05, 0) is 36.6 Å². The van der Waals surface area contributed by atoms with E-state index in [1.807, 2.05) is 6.07 Å². The molecule has 0 saturated heterocycles. The fourth-order valence-electron chi connectivity index (χ4n) is 3.74. The molecule has 0 amide bonds. The maximum Gasteiger partial charge on any atom is 0.256 e. The number of fused-ring (bicyclic) bond motifs is 2. The Balaban J connectivity index is 1.69. The molecule has 4 rings (SSSR count). The minimum absolute atomic E-state index is 0.132. The molecule has 0 saturated carbocycles. The molecule has 0 bridgehead atoms. The highest BCUT2D eigenvalue weighted by Gasteiger charge is 2.33. The molecule has 1 aromatic heterocycles. The molecular formula is C17H20ClN5O3S. The number of nitrogens with zero attached hydrogens (tertiary/aromatic N) is 3. The number of nitrogens with one attached hydrogen (secondary N) is 1. The van der Waals surface area contributed by atoms with Crippen LogP contribution in [0.2, 0.25) is 5.02 Å². The van der Waals surface area contributed by atoms with Gasteiger partial charge in [0.25, 0.3) is 5.91 Å². The fourth-order valence-corrected chi connectivity index (χ4v) is 4.70. The molecule has 0 spiro atoms. The third-order valence-corrected chi connectivity index (χ3v) is 6.64. The quantitative estimate of drug-likeness (QED) is 0.780. The molecule has 3 heterocycles. The maximum atomic E-state index is 13.2. The topological polar surface area (TPSA) is 110 Å². The standard InChI is InChI=1S/C17H20ClN5O3S/c1-27(25,26)22-7-5-12-15(9-22)21-23(16(12)19)17(24)11-4-6-20-14-3-2-10(18)8-13(11)14/h2-3,8,11,20H,4-7,9,19H2,1H3. The van der Waals surface area contributed by atoms with E-state index in [-0.39, 0.29) is 12.5 Å². The van der Waals surface area contributed by atoms with E-state index in [0.717, 1.165) is 16.8 Å². The second-order valence-electron chi connectivity index (χ2n) is 6.91. The van der Waals surface area contributed by atoms with Crippen molar-refractivity contribution < 1.29 is 13.2 Å². The van der Waals surface area contributed by atoms with E-state index in [1.54, 1.807) is 12.1 Å². The molecule has 1 unspecified atom stereocenters. The van der Waals surface area contributed by atoms with Crippen molar-refractivity contribution in [3.05, 3.63) is 40.0 Å². The summed E-state index contributed by atoms with van der Waals surface area (Å²) in [7, 11) is -3.32. The molecule has 1 aromatic carbocycles. The molecule has 1 atom stereocenters. The molecule has 3 N–H and O–H groups in total. The van der Waals surface area contributed by atoms with Crippen molar-refractivity contribution in [2.45, 2.75) is 25.3 Å². The van der Waals surface area contributed by atoms with E-state index < -0.39 is 15.9 Å². The molecule has 144 valence electrons. The Morgan fingerprint density at radius 1 is 1.41 bits per heavy atom. The van der Waals surface area contributed by atoms with Gasteiger partial charge in [-0.15, -0.1) is 0 Å². The van der Waals surface area contributed by atoms with Crippen molar-refractivity contribution in [3.63, 3.8) is 0 Å². The van der Waals surface area contributed by atoms with Crippen LogP contribution in [-0.2, 0) is 23.0 Å². The zero-order chi connectivity index (χ0) is 19.3. The Morgan fingerprint density at radius 2 is 2.19 bits per heavy atom. The Hall–Kier alpha value is -2.10. The third-order valence-electron chi connectivity index (χ3n) is 5.16. The number of rotatable bonds is 2. The van der Waals surface area contributed by atoms with Gasteiger partial charge >= 0.3 is 0 Å². The van der Waals surface area contributed by atoms with E-state index in [4.69, 9.17) is 17.3 Å². The SMILES string of the molecule is CS(=O)(=O)N1CCc2c(nn(C(=O)C3CCNc4ccc(Cl)cc43)c2N)C1. The van der Waals surface area contributed by atoms with Gasteiger partial charge in [0.1, 0.15) is 5.82 Å². The summed E-state index contributed by atoms with van der Waals surface area (Å²) < 4.78 is 26.2. The van der Waals surface area contributed by atoms with Crippen LogP contribution in [0.5, 0.6) is 0 Å². The van der Waals surface area contributed by atoms with Gasteiger partial charge in [-0.3, -0.25) is 4.79 Å². The lowest BCUT2D eigenvalue weighted by molar-refractivity contribution is 0.0859. The lowest BCUT2D eigenvalue weighted by Gasteiger charge is -2.26. The van der Waals surface area contributed by atoms with Crippen LogP contribution in [0.1, 0.15) is 34.0 Å². The number of nitrogen functional groups attached to an aromatic ring is 1. The van der Waals surface area contributed by atoms with Gasteiger partial charge in [-0.1, -0.05) is 11.6 Å². The highest BCUT2D eigenvalue weighted by molar-refractivity contribution is 7.88. The normalized spacial score (nSPS) is 19.9. The molecule has 0 aliphatic carbocycles. The van der Waals surface area contributed by atoms with Crippen LogP contribution >= 0.6 is 11.6 Å². The molecular weight excluding hydrogens is 390 g/mol. The summed E-state index contributed by atoms with van der Waals surface area (Å²) >= 11 is 6.12. The van der Waals surface area contributed by atoms with E-state index in [1.165, 1.54) is 15.2 Å². The highest BCUT2D eigenvalue weighted by Crippen LogP contribution is 2.36. The Kier molecular flexibility index (Phi) is 4.40. The van der Waals surface area contributed by atoms with Gasteiger partial charge < -0.3 is 11.1 Å². The van der Waals surface area contributed by atoms with E-state index in [0.29, 0.717) is 42.5 Å². The van der Waals surface area contributed by atoms with E-state index >= 15 is 0 Å². The molecule has 8 nitrogen and oxygen atoms in total. The van der Waals surface area contributed by atoms with Gasteiger partial charge in [-0.25, -0.2) is 8.42 Å². The first-order valence-electron chi connectivity index (χ1n) is 8.64. The lowest BCUT2D eigenvalue weighted by atomic mass is 9.90. The first-order chi connectivity index (χ1) is 12.8. The highest BCUT2D eigenvalue weighted by atomic mass is 35.5. The van der Waals surface area contributed by atoms with Crippen molar-refractivity contribution in [2.75, 3.05) is 30.4 Å². The number of halogens is 1. The third kappa shape index (κ3) is 3.19. The summed E-state index contributed by atoms with van der Waals surface area (Å²) in [6, 6.07) is 5.43. The van der Waals surface area contributed by atoms with Crippen LogP contribution < -0.4 is 11.1 Å². The molecule has 27 heavy (non-hydrogen) atoms. The average Bonchev–Trinajstić information content (AvgIpc) is 2.96. The number of aromatic nitrogens is 2. The maximum absolute atomic E-state index is 13.2. The van der Waals surface area contributed by atoms with Gasteiger partial charge in [0.05, 0.1) is 24.4 Å². The number of carbonyl (C=O) groups is 1. The molecule has 0 radical (unpaired) electrons. The van der Waals surface area contributed by atoms with E-state index in [2.05, 4.69) is 10.4 Å². The monoisotopic (exact) mass is 409 g/mol. The first-order valence-corrected chi connectivity index (χ1v) is 10.9. The average molecular weight is 410 g/mol. The smallest absolute Gasteiger partial charge is 0.256 e. The number of nitrogens with two attached hydrogens (primary N) is 1. The number of benzene rings is 1. The van der Waals surface area contributed by atoms with Gasteiger partial charge in [0, 0.05) is 29.4 Å². The zero-order valence-electron chi connectivity index (χ0n) is 14.8. The van der Waals surface area contributed by atoms with Crippen LogP contribution in [0.3, 0.4) is 0 Å². The summed E-state index contributed by atoms with van der Waals surface area (Å²) in [5.74, 6) is -0.335. The summed E-state index contributed by atoms with van der Waals surface area (Å²) in [5.41, 5.74) is 9.20. The second kappa shape index (κ2) is 6.50. The van der Waals surface area contributed by atoms with Crippen molar-refractivity contribution in [1.82, 2.24) is 14.1 Å². The summed E-state index contributed by atoms with van der Waals surface area (Å²) in [4.78, 5) is 13.2. The predicted molar refractivity (Wildman–Crippen MR) is 104 cm³/mol. The number of carbonyl (C=O) groups excluding carboxylic acids is 1. The largest absolute Gasteiger partial charge is 0.385 e. The van der Waals surface area contributed by atoms with Gasteiger partial charge in [-0.2, -0.15) is 14.1 Å². The summed E-state index contributed by atoms with van der Waals surface area (Å²) in [6.45, 7) is 1.13. The van der Waals surface area contributed by atoms with Crippen LogP contribution in [0.4, 0.5) is 11.5 Å². The minimum Gasteiger partial charge on any atom is -0.385 e. The number of hydrogen-bond donors (Lipinski definition) is 2. The van der Waals surface area contributed by atoms with Crippen LogP contribution in [-0.4, -0.2) is 47.8 Å². The molecule has 2 aliphatic rings. The Morgan fingerprint density at radius 3 is 2.93 bits per heavy atom. The predicted octanol–water partition coefficient (Wildman–Crippen LogP) is 1.68. The second-order valence-corrected chi connectivity index (χ2v) is 9.33. The summed E-state index contributed by atoms with van der Waals surface area (Å²) in [5, 5.41) is 8.20. The Labute approximate surface area is 162 Å². The molecule has 2 aromatic rings. The van der Waals surface area contributed by atoms with Crippen molar-refractivity contribution in [1.29, 1.82) is 0 Å². The molecule has 2 aliphatic heterocycles. The van der Waals surface area contributed by atoms with Crippen molar-refractivity contribution in [2.24, 2.45) is 0 Å². The first kappa shape index (κ1) is 18.3. The zero-order valence-corrected chi connectivity index (χ0v) is 16.3. The van der Waals surface area contributed by atoms with Crippen molar-refractivity contribution >= 4 is 39.0 Å². The Bertz CT molecular complexity index is 1030. The number of hydrogen-bond acceptors (Lipinski definition) is 6. The van der Waals surface area contributed by atoms with E-state index in [9.17, 15) is 13.2 Å². The van der Waals surface area contributed by atoms with Gasteiger partial charge in [0.2, 0.25) is 10.0 Å². The van der Waals surface area contributed by atoms with Crippen LogP contribution in [0, 0.1) is 0 Å². The van der Waals surface area contributed by atoms with Gasteiger partial charge in [0.15, 0.2) is 0 Å². The number of anilines is 2. The molecule has 0 fully saturated rings. The summed E-state index contributed by atoms with van der Waals surface area (Å²) in [6.07, 6.45) is 2.21.